The number of imidazole rings is 1. The number of ether oxygens (including phenoxy) is 2. The van der Waals surface area contributed by atoms with Gasteiger partial charge in [-0.25, -0.2) is 4.98 Å². The first-order chi connectivity index (χ1) is 13.1. The molecule has 1 aliphatic rings. The molecule has 27 heavy (non-hydrogen) atoms. The van der Waals surface area contributed by atoms with Crippen molar-refractivity contribution in [2.24, 2.45) is 5.92 Å². The fourth-order valence-corrected chi connectivity index (χ4v) is 3.06. The molecule has 6 nitrogen and oxygen atoms in total. The van der Waals surface area contributed by atoms with Gasteiger partial charge in [0.15, 0.2) is 11.5 Å². The Morgan fingerprint density at radius 3 is 2.81 bits per heavy atom. The largest absolute Gasteiger partial charge is 0.454 e. The van der Waals surface area contributed by atoms with Crippen LogP contribution in [0.1, 0.15) is 31.3 Å². The van der Waals surface area contributed by atoms with E-state index in [-0.39, 0.29) is 24.7 Å². The normalized spacial score (nSPS) is 14.2. The average Bonchev–Trinajstić information content (AvgIpc) is 3.29. The number of aromatic nitrogens is 2. The molecule has 2 heterocycles. The minimum atomic E-state index is -0.202. The van der Waals surface area contributed by atoms with Crippen molar-refractivity contribution in [3.8, 4) is 11.5 Å². The molecule has 2 aromatic carbocycles. The van der Waals surface area contributed by atoms with E-state index < -0.39 is 0 Å². The molecule has 0 saturated carbocycles. The van der Waals surface area contributed by atoms with Crippen LogP contribution in [0.5, 0.6) is 11.5 Å². The molecule has 0 aliphatic carbocycles. The van der Waals surface area contributed by atoms with Crippen molar-refractivity contribution in [1.82, 2.24) is 15.3 Å². The number of hydrogen-bond donors (Lipinski definition) is 2. The summed E-state index contributed by atoms with van der Waals surface area (Å²) in [6, 6.07) is 13.2. The third-order valence-corrected chi connectivity index (χ3v) is 4.49. The number of para-hydroxylation sites is 2. The number of fused-ring (bicyclic) bond motifs is 2. The Hall–Kier alpha value is -3.28. The highest BCUT2D eigenvalue weighted by atomic mass is 16.7. The second-order valence-corrected chi connectivity index (χ2v) is 6.82. The Labute approximate surface area is 157 Å². The number of nitrogens with zero attached hydrogens (tertiary/aromatic N) is 1. The highest BCUT2D eigenvalue weighted by Crippen LogP contribution is 2.32. The number of nitrogens with one attached hydrogen (secondary N) is 2. The summed E-state index contributed by atoms with van der Waals surface area (Å²) in [5.41, 5.74) is 2.73. The van der Waals surface area contributed by atoms with Crippen molar-refractivity contribution in [1.29, 1.82) is 0 Å². The average molecular weight is 363 g/mol. The summed E-state index contributed by atoms with van der Waals surface area (Å²) in [5, 5.41) is 3.04. The fraction of sp³-hybridized carbons (Fsp3) is 0.238. The standard InChI is InChI=1S/C21H21N3O3/c1-13(2)20(21-22-15-5-3-4-6-16(15)23-21)24-19(25)10-8-14-7-9-17-18(11-14)27-12-26-17/h3-11,13,20H,12H2,1-2H3,(H,22,23)(H,24,25)/b10-8+. The van der Waals surface area contributed by atoms with Gasteiger partial charge in [0.05, 0.1) is 17.1 Å². The summed E-state index contributed by atoms with van der Waals surface area (Å²) in [6.07, 6.45) is 3.28. The van der Waals surface area contributed by atoms with E-state index in [1.807, 2.05) is 42.5 Å². The van der Waals surface area contributed by atoms with E-state index in [4.69, 9.17) is 9.47 Å². The summed E-state index contributed by atoms with van der Waals surface area (Å²) in [4.78, 5) is 20.4. The molecule has 3 aromatic rings. The van der Waals surface area contributed by atoms with Crippen molar-refractivity contribution in [3.05, 3.63) is 59.9 Å². The van der Waals surface area contributed by atoms with Gasteiger partial charge >= 0.3 is 0 Å². The third-order valence-electron chi connectivity index (χ3n) is 4.49. The Kier molecular flexibility index (Phi) is 4.54. The van der Waals surface area contributed by atoms with Gasteiger partial charge in [0, 0.05) is 6.08 Å². The Morgan fingerprint density at radius 2 is 2.00 bits per heavy atom. The van der Waals surface area contributed by atoms with E-state index in [0.29, 0.717) is 5.75 Å². The molecule has 1 aliphatic heterocycles. The molecule has 0 fully saturated rings. The Morgan fingerprint density at radius 1 is 1.19 bits per heavy atom. The van der Waals surface area contributed by atoms with E-state index in [0.717, 1.165) is 28.2 Å². The van der Waals surface area contributed by atoms with Crippen LogP contribution in [-0.2, 0) is 4.79 Å². The highest BCUT2D eigenvalue weighted by Gasteiger charge is 2.21. The highest BCUT2D eigenvalue weighted by molar-refractivity contribution is 5.92. The topological polar surface area (TPSA) is 76.2 Å². The SMILES string of the molecule is CC(C)C(NC(=O)/C=C/c1ccc2c(c1)OCO2)c1nc2ccccc2[nH]1. The first kappa shape index (κ1) is 17.1. The molecule has 138 valence electrons. The van der Waals surface area contributed by atoms with Crippen LogP contribution in [0, 0.1) is 5.92 Å². The first-order valence-electron chi connectivity index (χ1n) is 8.93. The molecule has 4 rings (SSSR count). The van der Waals surface area contributed by atoms with Gasteiger partial charge in [-0.2, -0.15) is 0 Å². The third kappa shape index (κ3) is 3.65. The molecule has 0 saturated heterocycles. The predicted molar refractivity (Wildman–Crippen MR) is 103 cm³/mol. The summed E-state index contributed by atoms with van der Waals surface area (Å²) >= 11 is 0. The van der Waals surface area contributed by atoms with Gasteiger partial charge in [0.1, 0.15) is 5.82 Å². The molecule has 1 unspecified atom stereocenters. The maximum Gasteiger partial charge on any atom is 0.244 e. The van der Waals surface area contributed by atoms with E-state index in [1.54, 1.807) is 6.08 Å². The van der Waals surface area contributed by atoms with Crippen molar-refractivity contribution in [2.75, 3.05) is 6.79 Å². The van der Waals surface area contributed by atoms with Crippen LogP contribution in [0.3, 0.4) is 0 Å². The van der Waals surface area contributed by atoms with Crippen molar-refractivity contribution in [3.63, 3.8) is 0 Å². The van der Waals surface area contributed by atoms with Crippen LogP contribution in [0.25, 0.3) is 17.1 Å². The number of carbonyl (C=O) groups is 1. The van der Waals surface area contributed by atoms with Crippen LogP contribution in [-0.4, -0.2) is 22.7 Å². The minimum absolute atomic E-state index is 0.174. The van der Waals surface area contributed by atoms with Gasteiger partial charge in [-0.1, -0.05) is 32.0 Å². The molecule has 2 N–H and O–H groups in total. The number of hydrogen-bond acceptors (Lipinski definition) is 4. The smallest absolute Gasteiger partial charge is 0.244 e. The predicted octanol–water partition coefficient (Wildman–Crippen LogP) is 3.82. The van der Waals surface area contributed by atoms with Crippen molar-refractivity contribution >= 4 is 23.0 Å². The quantitative estimate of drug-likeness (QED) is 0.676. The molecule has 1 amide bonds. The molecule has 0 spiro atoms. The van der Waals surface area contributed by atoms with Gasteiger partial charge in [-0.15, -0.1) is 0 Å². The molecular weight excluding hydrogens is 342 g/mol. The lowest BCUT2D eigenvalue weighted by Gasteiger charge is -2.19. The summed E-state index contributed by atoms with van der Waals surface area (Å²) in [6.45, 7) is 4.34. The van der Waals surface area contributed by atoms with E-state index >= 15 is 0 Å². The lowest BCUT2D eigenvalue weighted by atomic mass is 10.0. The van der Waals surface area contributed by atoms with Crippen molar-refractivity contribution in [2.45, 2.75) is 19.9 Å². The number of aromatic amines is 1. The van der Waals surface area contributed by atoms with Crippen LogP contribution in [0.4, 0.5) is 0 Å². The van der Waals surface area contributed by atoms with E-state index in [1.165, 1.54) is 6.08 Å². The van der Waals surface area contributed by atoms with Crippen LogP contribution in [0.15, 0.2) is 48.5 Å². The van der Waals surface area contributed by atoms with Gasteiger partial charge in [-0.05, 0) is 41.8 Å². The zero-order chi connectivity index (χ0) is 18.8. The van der Waals surface area contributed by atoms with Crippen LogP contribution in [0.2, 0.25) is 0 Å². The molecule has 0 bridgehead atoms. The second-order valence-electron chi connectivity index (χ2n) is 6.82. The first-order valence-corrected chi connectivity index (χ1v) is 8.93. The number of carbonyl (C=O) groups excluding carboxylic acids is 1. The van der Waals surface area contributed by atoms with E-state index in [2.05, 4.69) is 29.1 Å². The lowest BCUT2D eigenvalue weighted by Crippen LogP contribution is -2.31. The Balaban J connectivity index is 1.49. The number of benzene rings is 2. The Bertz CT molecular complexity index is 974. The summed E-state index contributed by atoms with van der Waals surface area (Å²) in [5.74, 6) is 2.19. The monoisotopic (exact) mass is 363 g/mol. The number of amides is 1. The zero-order valence-corrected chi connectivity index (χ0v) is 15.2. The zero-order valence-electron chi connectivity index (χ0n) is 15.2. The molecule has 0 radical (unpaired) electrons. The van der Waals surface area contributed by atoms with Gasteiger partial charge < -0.3 is 19.8 Å². The van der Waals surface area contributed by atoms with E-state index in [9.17, 15) is 4.79 Å². The van der Waals surface area contributed by atoms with Crippen LogP contribution >= 0.6 is 0 Å². The number of H-pyrrole nitrogens is 1. The van der Waals surface area contributed by atoms with Gasteiger partial charge in [-0.3, -0.25) is 4.79 Å². The summed E-state index contributed by atoms with van der Waals surface area (Å²) in [7, 11) is 0. The fourth-order valence-electron chi connectivity index (χ4n) is 3.06. The number of rotatable bonds is 5. The van der Waals surface area contributed by atoms with Crippen molar-refractivity contribution < 1.29 is 14.3 Å². The molecular formula is C21H21N3O3. The molecule has 1 atom stereocenters. The maximum absolute atomic E-state index is 12.5. The maximum atomic E-state index is 12.5. The van der Waals surface area contributed by atoms with Crippen LogP contribution < -0.4 is 14.8 Å². The van der Waals surface area contributed by atoms with Gasteiger partial charge in [0.2, 0.25) is 12.7 Å². The molecule has 1 aromatic heterocycles. The second kappa shape index (κ2) is 7.15. The summed E-state index contributed by atoms with van der Waals surface area (Å²) < 4.78 is 10.7. The lowest BCUT2D eigenvalue weighted by molar-refractivity contribution is -0.117. The molecule has 6 heteroatoms. The van der Waals surface area contributed by atoms with Gasteiger partial charge in [0.25, 0.3) is 0 Å². The minimum Gasteiger partial charge on any atom is -0.454 e.